The molecule has 3 heterocycles. The number of aromatic nitrogens is 2. The predicted octanol–water partition coefficient (Wildman–Crippen LogP) is 3.31. The Morgan fingerprint density at radius 3 is 2.87 bits per heavy atom. The molecule has 23 heavy (non-hydrogen) atoms. The molecule has 6 nitrogen and oxygen atoms in total. The summed E-state index contributed by atoms with van der Waals surface area (Å²) >= 11 is 0. The largest absolute Gasteiger partial charge is 0.466 e. The summed E-state index contributed by atoms with van der Waals surface area (Å²) in [6, 6.07) is 1.87. The summed E-state index contributed by atoms with van der Waals surface area (Å²) in [5.41, 5.74) is 0.959. The molecule has 2 atom stereocenters. The van der Waals surface area contributed by atoms with Crippen LogP contribution in [0, 0.1) is 13.8 Å². The lowest BCUT2D eigenvalue weighted by Crippen LogP contribution is -2.34. The summed E-state index contributed by atoms with van der Waals surface area (Å²) in [5, 5.41) is 4.06. The van der Waals surface area contributed by atoms with Crippen LogP contribution in [0.25, 0.3) is 0 Å². The van der Waals surface area contributed by atoms with E-state index in [4.69, 9.17) is 8.94 Å². The number of amides is 1. The summed E-state index contributed by atoms with van der Waals surface area (Å²) in [7, 11) is 0. The molecule has 0 aliphatic carbocycles. The van der Waals surface area contributed by atoms with Crippen molar-refractivity contribution in [3.63, 3.8) is 0 Å². The number of hydrogen-bond donors (Lipinski definition) is 0. The number of rotatable bonds is 4. The predicted molar refractivity (Wildman–Crippen MR) is 84.0 cm³/mol. The maximum absolute atomic E-state index is 13.0. The summed E-state index contributed by atoms with van der Waals surface area (Å²) in [4.78, 5) is 19.3. The number of hydrogen-bond acceptors (Lipinski definition) is 5. The fraction of sp³-hybridized carbons (Fsp3) is 0.588. The van der Waals surface area contributed by atoms with Gasteiger partial charge in [0.05, 0.1) is 12.0 Å². The van der Waals surface area contributed by atoms with Crippen LogP contribution in [-0.4, -0.2) is 27.5 Å². The Hall–Kier alpha value is -2.11. The number of carbonyl (C=O) groups is 1. The molecule has 1 fully saturated rings. The molecule has 1 aliphatic rings. The molecule has 2 aromatic rings. The van der Waals surface area contributed by atoms with E-state index in [1.807, 2.05) is 38.7 Å². The van der Waals surface area contributed by atoms with Gasteiger partial charge in [0.2, 0.25) is 11.8 Å². The van der Waals surface area contributed by atoms with Crippen LogP contribution in [0.2, 0.25) is 0 Å². The van der Waals surface area contributed by atoms with E-state index in [-0.39, 0.29) is 17.9 Å². The van der Waals surface area contributed by atoms with Crippen molar-refractivity contribution < 1.29 is 13.7 Å². The second-order valence-electron chi connectivity index (χ2n) is 6.18. The number of carbonyl (C=O) groups excluding carboxylic acids is 1. The highest BCUT2D eigenvalue weighted by atomic mass is 16.5. The van der Waals surface area contributed by atoms with E-state index < -0.39 is 0 Å². The first-order valence-electron chi connectivity index (χ1n) is 8.21. The lowest BCUT2D eigenvalue weighted by molar-refractivity contribution is -0.133. The third kappa shape index (κ3) is 2.90. The van der Waals surface area contributed by atoms with Crippen LogP contribution in [0.5, 0.6) is 0 Å². The molecular weight excluding hydrogens is 294 g/mol. The number of nitrogens with zero attached hydrogens (tertiary/aromatic N) is 3. The molecule has 1 amide bonds. The van der Waals surface area contributed by atoms with E-state index in [9.17, 15) is 4.79 Å². The summed E-state index contributed by atoms with van der Waals surface area (Å²) < 4.78 is 10.8. The van der Waals surface area contributed by atoms with Gasteiger partial charge in [0.25, 0.3) is 0 Å². The van der Waals surface area contributed by atoms with Crippen molar-refractivity contribution in [2.24, 2.45) is 0 Å². The second-order valence-corrected chi connectivity index (χ2v) is 6.18. The van der Waals surface area contributed by atoms with Gasteiger partial charge in [-0.3, -0.25) is 4.79 Å². The first-order chi connectivity index (χ1) is 11.0. The van der Waals surface area contributed by atoms with Crippen LogP contribution in [-0.2, 0) is 11.2 Å². The van der Waals surface area contributed by atoms with Crippen LogP contribution >= 0.6 is 0 Å². The third-order valence-electron chi connectivity index (χ3n) is 4.54. The van der Waals surface area contributed by atoms with Gasteiger partial charge in [-0.1, -0.05) is 12.1 Å². The maximum atomic E-state index is 13.0. The van der Waals surface area contributed by atoms with Crippen molar-refractivity contribution in [2.45, 2.75) is 58.9 Å². The highest BCUT2D eigenvalue weighted by Crippen LogP contribution is 2.34. The van der Waals surface area contributed by atoms with Gasteiger partial charge in [0, 0.05) is 18.5 Å². The average Bonchev–Trinajstić information content (AvgIpc) is 3.23. The van der Waals surface area contributed by atoms with Crippen molar-refractivity contribution in [1.82, 2.24) is 15.0 Å². The first-order valence-corrected chi connectivity index (χ1v) is 8.21. The van der Waals surface area contributed by atoms with Crippen LogP contribution in [0.15, 0.2) is 15.0 Å². The normalized spacial score (nSPS) is 19.3. The summed E-state index contributed by atoms with van der Waals surface area (Å²) in [6.07, 6.45) is 2.55. The first kappa shape index (κ1) is 15.8. The highest BCUT2D eigenvalue weighted by molar-refractivity contribution is 5.84. The molecule has 0 aromatic carbocycles. The Labute approximate surface area is 135 Å². The molecule has 1 aliphatic heterocycles. The third-order valence-corrected chi connectivity index (χ3v) is 4.54. The molecule has 2 unspecified atom stereocenters. The van der Waals surface area contributed by atoms with Crippen molar-refractivity contribution >= 4 is 5.91 Å². The molecule has 124 valence electrons. The molecule has 0 saturated carbocycles. The van der Waals surface area contributed by atoms with Gasteiger partial charge >= 0.3 is 0 Å². The van der Waals surface area contributed by atoms with E-state index >= 15 is 0 Å². The van der Waals surface area contributed by atoms with Crippen molar-refractivity contribution in [1.29, 1.82) is 0 Å². The lowest BCUT2D eigenvalue weighted by atomic mass is 9.99. The lowest BCUT2D eigenvalue weighted by Gasteiger charge is -2.25. The van der Waals surface area contributed by atoms with Gasteiger partial charge < -0.3 is 13.8 Å². The maximum Gasteiger partial charge on any atom is 0.230 e. The molecule has 0 bridgehead atoms. The second kappa shape index (κ2) is 6.18. The van der Waals surface area contributed by atoms with Crippen molar-refractivity contribution in [2.75, 3.05) is 6.54 Å². The molecule has 2 aromatic heterocycles. The topological polar surface area (TPSA) is 72.4 Å². The zero-order valence-corrected chi connectivity index (χ0v) is 14.1. The van der Waals surface area contributed by atoms with E-state index in [1.165, 1.54) is 0 Å². The minimum absolute atomic E-state index is 0.0812. The van der Waals surface area contributed by atoms with Crippen LogP contribution in [0.1, 0.15) is 67.4 Å². The zero-order valence-electron chi connectivity index (χ0n) is 14.1. The van der Waals surface area contributed by atoms with Crippen LogP contribution < -0.4 is 0 Å². The number of likely N-dealkylation sites (tertiary alicyclic amines) is 1. The molecule has 1 saturated heterocycles. The highest BCUT2D eigenvalue weighted by Gasteiger charge is 2.36. The van der Waals surface area contributed by atoms with E-state index in [1.54, 1.807) is 0 Å². The van der Waals surface area contributed by atoms with Crippen molar-refractivity contribution in [3.05, 3.63) is 34.9 Å². The van der Waals surface area contributed by atoms with Gasteiger partial charge in [-0.2, -0.15) is 4.98 Å². The minimum Gasteiger partial charge on any atom is -0.466 e. The van der Waals surface area contributed by atoms with Gasteiger partial charge in [-0.25, -0.2) is 0 Å². The fourth-order valence-electron chi connectivity index (χ4n) is 3.31. The standard InChI is InChI=1S/C17H23N3O3/c1-5-15-18-16(19-23-15)14-7-6-8-20(14)17(21)11(3)13-9-10(2)22-12(13)4/h9,11,14H,5-8H2,1-4H3. The Balaban J connectivity index is 1.81. The SMILES string of the molecule is CCc1nc(C2CCCN2C(=O)C(C)c2cc(C)oc2C)no1. The Kier molecular flexibility index (Phi) is 4.24. The smallest absolute Gasteiger partial charge is 0.230 e. The average molecular weight is 317 g/mol. The Bertz CT molecular complexity index is 704. The van der Waals surface area contributed by atoms with Crippen LogP contribution in [0.3, 0.4) is 0 Å². The van der Waals surface area contributed by atoms with Gasteiger partial charge in [0.15, 0.2) is 5.82 Å². The van der Waals surface area contributed by atoms with Gasteiger partial charge in [0.1, 0.15) is 11.5 Å². The monoisotopic (exact) mass is 317 g/mol. The van der Waals surface area contributed by atoms with Crippen LogP contribution in [0.4, 0.5) is 0 Å². The molecule has 0 spiro atoms. The molecule has 0 N–H and O–H groups in total. The molecule has 6 heteroatoms. The summed E-state index contributed by atoms with van der Waals surface area (Å²) in [6.45, 7) is 8.45. The van der Waals surface area contributed by atoms with E-state index in [2.05, 4.69) is 10.1 Å². The van der Waals surface area contributed by atoms with E-state index in [0.717, 1.165) is 36.5 Å². The van der Waals surface area contributed by atoms with Gasteiger partial charge in [-0.05, 0) is 39.7 Å². The minimum atomic E-state index is -0.231. The molecule has 0 radical (unpaired) electrons. The molecule has 3 rings (SSSR count). The molecular formula is C17H23N3O3. The fourth-order valence-corrected chi connectivity index (χ4v) is 3.31. The van der Waals surface area contributed by atoms with E-state index in [0.29, 0.717) is 18.1 Å². The summed E-state index contributed by atoms with van der Waals surface area (Å²) in [5.74, 6) is 2.76. The zero-order chi connectivity index (χ0) is 16.6. The number of furan rings is 1. The van der Waals surface area contributed by atoms with Gasteiger partial charge in [-0.15, -0.1) is 0 Å². The van der Waals surface area contributed by atoms with Crippen molar-refractivity contribution in [3.8, 4) is 0 Å². The quantitative estimate of drug-likeness (QED) is 0.865. The Morgan fingerprint density at radius 1 is 1.48 bits per heavy atom. The number of aryl methyl sites for hydroxylation is 3. The Morgan fingerprint density at radius 2 is 2.26 bits per heavy atom.